The Morgan fingerprint density at radius 1 is 1.18 bits per heavy atom. The number of carbonyl (C=O) groups is 2. The molecule has 0 radical (unpaired) electrons. The van der Waals surface area contributed by atoms with Crippen molar-refractivity contribution in [2.75, 3.05) is 6.61 Å². The van der Waals surface area contributed by atoms with E-state index in [9.17, 15) is 9.59 Å². The van der Waals surface area contributed by atoms with E-state index in [0.29, 0.717) is 23.5 Å². The van der Waals surface area contributed by atoms with Gasteiger partial charge >= 0.3 is 0 Å². The Morgan fingerprint density at radius 3 is 2.73 bits per heavy atom. The van der Waals surface area contributed by atoms with Gasteiger partial charge in [0.2, 0.25) is 11.6 Å². The van der Waals surface area contributed by atoms with Crippen LogP contribution in [0.2, 0.25) is 0 Å². The van der Waals surface area contributed by atoms with Crippen molar-refractivity contribution in [3.8, 4) is 0 Å². The monoisotopic (exact) mass is 294 g/mol. The predicted octanol–water partition coefficient (Wildman–Crippen LogP) is 3.52. The highest BCUT2D eigenvalue weighted by atomic mass is 16.5. The van der Waals surface area contributed by atoms with Gasteiger partial charge in [-0.15, -0.1) is 0 Å². The van der Waals surface area contributed by atoms with Gasteiger partial charge < -0.3 is 4.74 Å². The minimum absolute atomic E-state index is 0.0115. The second kappa shape index (κ2) is 4.19. The van der Waals surface area contributed by atoms with Crippen LogP contribution in [0.5, 0.6) is 0 Å². The summed E-state index contributed by atoms with van der Waals surface area (Å²) in [5.41, 5.74) is 3.86. The van der Waals surface area contributed by atoms with Crippen molar-refractivity contribution in [3.05, 3.63) is 46.0 Å². The van der Waals surface area contributed by atoms with E-state index >= 15 is 0 Å². The molecule has 0 bridgehead atoms. The second-order valence-electron chi connectivity index (χ2n) is 7.05. The molecule has 0 saturated heterocycles. The predicted molar refractivity (Wildman–Crippen MR) is 84.5 cm³/mol. The van der Waals surface area contributed by atoms with E-state index in [1.165, 1.54) is 0 Å². The maximum atomic E-state index is 12.7. The molecule has 1 aliphatic heterocycles. The molecule has 112 valence electrons. The minimum Gasteiger partial charge on any atom is -0.492 e. The lowest BCUT2D eigenvalue weighted by Gasteiger charge is -2.31. The number of carbonyl (C=O) groups excluding carboxylic acids is 2. The summed E-state index contributed by atoms with van der Waals surface area (Å²) in [5, 5.41) is 0. The van der Waals surface area contributed by atoms with E-state index in [1.807, 2.05) is 19.1 Å². The minimum atomic E-state index is -0.391. The highest BCUT2D eigenvalue weighted by molar-refractivity contribution is 6.53. The second-order valence-corrected chi connectivity index (χ2v) is 7.05. The first-order valence-electron chi connectivity index (χ1n) is 7.72. The van der Waals surface area contributed by atoms with Crippen LogP contribution in [0.15, 0.2) is 23.8 Å². The third-order valence-electron chi connectivity index (χ3n) is 5.02. The molecule has 1 aromatic rings. The molecule has 4 rings (SSSR count). The van der Waals surface area contributed by atoms with Crippen LogP contribution in [0.3, 0.4) is 0 Å². The first kappa shape index (κ1) is 13.5. The first-order valence-corrected chi connectivity index (χ1v) is 7.72. The standard InChI is InChI=1S/C19H18O3/c1-10-9-22-18-12-6-7-13-11(5-4-8-19(13,2)3)15(12)17(21)16(20)14(10)18/h4-7,10H,8-9H2,1-3H3/t10-/m0/s1. The molecule has 0 saturated carbocycles. The van der Waals surface area contributed by atoms with Crippen molar-refractivity contribution < 1.29 is 14.3 Å². The van der Waals surface area contributed by atoms with Crippen LogP contribution in [-0.4, -0.2) is 18.2 Å². The van der Waals surface area contributed by atoms with Crippen LogP contribution in [0, 0.1) is 5.92 Å². The summed E-state index contributed by atoms with van der Waals surface area (Å²) in [6, 6.07) is 4.03. The fourth-order valence-electron chi connectivity index (χ4n) is 3.78. The molecule has 0 spiro atoms. The van der Waals surface area contributed by atoms with Crippen LogP contribution in [0.1, 0.15) is 54.2 Å². The molecule has 2 aliphatic carbocycles. The molecule has 0 fully saturated rings. The van der Waals surface area contributed by atoms with Gasteiger partial charge in [0.05, 0.1) is 12.2 Å². The average molecular weight is 294 g/mol. The summed E-state index contributed by atoms with van der Waals surface area (Å²) in [6.07, 6.45) is 5.00. The molecule has 1 atom stereocenters. The Kier molecular flexibility index (Phi) is 2.57. The summed E-state index contributed by atoms with van der Waals surface area (Å²) in [5.74, 6) is -0.169. The van der Waals surface area contributed by atoms with Gasteiger partial charge in [-0.2, -0.15) is 0 Å². The van der Waals surface area contributed by atoms with Gasteiger partial charge in [0.1, 0.15) is 5.76 Å². The molecule has 1 aromatic carbocycles. The topological polar surface area (TPSA) is 43.4 Å². The van der Waals surface area contributed by atoms with E-state index in [2.05, 4.69) is 26.0 Å². The third kappa shape index (κ3) is 1.57. The highest BCUT2D eigenvalue weighted by Gasteiger charge is 2.42. The van der Waals surface area contributed by atoms with Gasteiger partial charge in [0, 0.05) is 17.0 Å². The Bertz CT molecular complexity index is 793. The van der Waals surface area contributed by atoms with Crippen molar-refractivity contribution in [2.45, 2.75) is 32.6 Å². The average Bonchev–Trinajstić information content (AvgIpc) is 2.86. The lowest BCUT2D eigenvalue weighted by Crippen LogP contribution is -2.28. The zero-order chi connectivity index (χ0) is 15.6. The summed E-state index contributed by atoms with van der Waals surface area (Å²) < 4.78 is 5.74. The lowest BCUT2D eigenvalue weighted by molar-refractivity contribution is -0.112. The molecule has 3 nitrogen and oxygen atoms in total. The molecule has 3 aliphatic rings. The van der Waals surface area contributed by atoms with Gasteiger partial charge in [-0.1, -0.05) is 45.1 Å². The Morgan fingerprint density at radius 2 is 1.95 bits per heavy atom. The van der Waals surface area contributed by atoms with E-state index in [0.717, 1.165) is 23.1 Å². The van der Waals surface area contributed by atoms with Gasteiger partial charge in [0.25, 0.3) is 0 Å². The molecular formula is C19H18O3. The number of Topliss-reactive ketones (excluding diaryl/α,β-unsaturated/α-hetero) is 2. The summed E-state index contributed by atoms with van der Waals surface area (Å²) >= 11 is 0. The molecular weight excluding hydrogens is 276 g/mol. The quantitative estimate of drug-likeness (QED) is 0.688. The molecule has 0 aromatic heterocycles. The van der Waals surface area contributed by atoms with Crippen molar-refractivity contribution in [2.24, 2.45) is 5.92 Å². The molecule has 1 heterocycles. The van der Waals surface area contributed by atoms with Gasteiger partial charge in [-0.05, 0) is 23.0 Å². The van der Waals surface area contributed by atoms with Crippen LogP contribution in [-0.2, 0) is 14.9 Å². The van der Waals surface area contributed by atoms with Gasteiger partial charge in [-0.3, -0.25) is 9.59 Å². The number of hydrogen-bond acceptors (Lipinski definition) is 3. The fourth-order valence-corrected chi connectivity index (χ4v) is 3.78. The van der Waals surface area contributed by atoms with Crippen molar-refractivity contribution in [1.29, 1.82) is 0 Å². The summed E-state index contributed by atoms with van der Waals surface area (Å²) in [6.45, 7) is 6.73. The summed E-state index contributed by atoms with van der Waals surface area (Å²) in [7, 11) is 0. The number of ether oxygens (including phenoxy) is 1. The SMILES string of the molecule is C[C@H]1COC2=C1C(=O)C(=O)c1c2ccc2c1C=CCC2(C)C. The van der Waals surface area contributed by atoms with Crippen LogP contribution < -0.4 is 0 Å². The normalized spacial score (nSPS) is 24.8. The maximum absolute atomic E-state index is 12.7. The number of rotatable bonds is 0. The zero-order valence-electron chi connectivity index (χ0n) is 13.0. The lowest BCUT2D eigenvalue weighted by atomic mass is 9.71. The Hall–Kier alpha value is -2.16. The molecule has 3 heteroatoms. The van der Waals surface area contributed by atoms with Crippen LogP contribution >= 0.6 is 0 Å². The van der Waals surface area contributed by atoms with E-state index in [4.69, 9.17) is 4.74 Å². The molecule has 0 N–H and O–H groups in total. The fraction of sp³-hybridized carbons (Fsp3) is 0.368. The van der Waals surface area contributed by atoms with Crippen LogP contribution in [0.25, 0.3) is 11.8 Å². The maximum Gasteiger partial charge on any atom is 0.234 e. The smallest absolute Gasteiger partial charge is 0.234 e. The van der Waals surface area contributed by atoms with Crippen LogP contribution in [0.4, 0.5) is 0 Å². The van der Waals surface area contributed by atoms with Crippen molar-refractivity contribution in [3.63, 3.8) is 0 Å². The van der Waals surface area contributed by atoms with E-state index < -0.39 is 5.78 Å². The molecule has 22 heavy (non-hydrogen) atoms. The van der Waals surface area contributed by atoms with Crippen molar-refractivity contribution >= 4 is 23.4 Å². The van der Waals surface area contributed by atoms with Crippen molar-refractivity contribution in [1.82, 2.24) is 0 Å². The first-order chi connectivity index (χ1) is 10.4. The van der Waals surface area contributed by atoms with E-state index in [-0.39, 0.29) is 17.1 Å². The Balaban J connectivity index is 2.05. The molecule has 0 unspecified atom stereocenters. The zero-order valence-corrected chi connectivity index (χ0v) is 13.0. The number of fused-ring (bicyclic) bond motifs is 4. The van der Waals surface area contributed by atoms with Gasteiger partial charge in [0.15, 0.2) is 0 Å². The third-order valence-corrected chi connectivity index (χ3v) is 5.02. The van der Waals surface area contributed by atoms with Gasteiger partial charge in [-0.25, -0.2) is 0 Å². The molecule has 0 amide bonds. The number of hydrogen-bond donors (Lipinski definition) is 0. The number of benzene rings is 1. The highest BCUT2D eigenvalue weighted by Crippen LogP contribution is 2.44. The number of allylic oxidation sites excluding steroid dienone is 1. The summed E-state index contributed by atoms with van der Waals surface area (Å²) in [4.78, 5) is 25.2. The number of ketones is 2. The van der Waals surface area contributed by atoms with E-state index in [1.54, 1.807) is 0 Å². The Labute approximate surface area is 129 Å². The largest absolute Gasteiger partial charge is 0.492 e.